The zero-order valence-electron chi connectivity index (χ0n) is 21.3. The molecule has 3 aromatic carbocycles. The number of ketones is 1. The number of benzene rings is 3. The summed E-state index contributed by atoms with van der Waals surface area (Å²) in [6, 6.07) is 19.3. The predicted molar refractivity (Wildman–Crippen MR) is 146 cm³/mol. The number of carbonyl (C=O) groups is 2. The number of fused-ring (bicyclic) bond motifs is 2. The van der Waals surface area contributed by atoms with Gasteiger partial charge in [-0.05, 0) is 36.4 Å². The zero-order chi connectivity index (χ0) is 26.6. The highest BCUT2D eigenvalue weighted by Gasteiger charge is 2.48. The second kappa shape index (κ2) is 8.99. The van der Waals surface area contributed by atoms with Crippen molar-refractivity contribution in [1.29, 1.82) is 0 Å². The average molecular weight is 510 g/mol. The third kappa shape index (κ3) is 3.60. The first-order valence-electron chi connectivity index (χ1n) is 12.4. The van der Waals surface area contributed by atoms with E-state index in [-0.39, 0.29) is 11.3 Å². The molecule has 0 radical (unpaired) electrons. The first-order valence-corrected chi connectivity index (χ1v) is 12.4. The number of carbonyl (C=O) groups excluding carboxylic acids is 2. The van der Waals surface area contributed by atoms with Gasteiger partial charge in [0.1, 0.15) is 23.9 Å². The minimum absolute atomic E-state index is 0.0357. The molecule has 1 N–H and O–H groups in total. The lowest BCUT2D eigenvalue weighted by molar-refractivity contribution is -0.132. The number of anilines is 2. The van der Waals surface area contributed by atoms with Gasteiger partial charge in [0.05, 0.1) is 31.0 Å². The number of aromatic nitrogens is 1. The Bertz CT molecular complexity index is 1640. The van der Waals surface area contributed by atoms with Crippen molar-refractivity contribution in [2.45, 2.75) is 6.04 Å². The van der Waals surface area contributed by atoms with Crippen molar-refractivity contribution in [2.24, 2.45) is 7.05 Å². The van der Waals surface area contributed by atoms with E-state index in [1.807, 2.05) is 54.0 Å². The van der Waals surface area contributed by atoms with Crippen molar-refractivity contribution in [2.75, 3.05) is 37.1 Å². The summed E-state index contributed by atoms with van der Waals surface area (Å²) in [5.41, 5.74) is 3.48. The van der Waals surface area contributed by atoms with E-state index in [1.54, 1.807) is 49.6 Å². The number of ether oxygens (including phenoxy) is 2. The fourth-order valence-electron chi connectivity index (χ4n) is 5.40. The van der Waals surface area contributed by atoms with Crippen molar-refractivity contribution < 1.29 is 24.2 Å². The van der Waals surface area contributed by atoms with E-state index in [9.17, 15) is 14.7 Å². The second-order valence-corrected chi connectivity index (χ2v) is 9.54. The van der Waals surface area contributed by atoms with E-state index in [0.717, 1.165) is 22.2 Å². The highest BCUT2D eigenvalue weighted by molar-refractivity contribution is 6.52. The summed E-state index contributed by atoms with van der Waals surface area (Å²) in [7, 11) is 5.41. The average Bonchev–Trinajstić information content (AvgIpc) is 3.41. The molecule has 1 unspecified atom stereocenters. The van der Waals surface area contributed by atoms with E-state index in [2.05, 4.69) is 0 Å². The third-order valence-electron chi connectivity index (χ3n) is 7.33. The van der Waals surface area contributed by atoms with E-state index >= 15 is 0 Å². The molecule has 0 bridgehead atoms. The first kappa shape index (κ1) is 23.7. The maximum atomic E-state index is 13.7. The summed E-state index contributed by atoms with van der Waals surface area (Å²) in [6.07, 6.45) is 1.91. The monoisotopic (exact) mass is 509 g/mol. The highest BCUT2D eigenvalue weighted by atomic mass is 16.5. The fourth-order valence-corrected chi connectivity index (χ4v) is 5.40. The van der Waals surface area contributed by atoms with Crippen molar-refractivity contribution >= 4 is 39.7 Å². The van der Waals surface area contributed by atoms with Gasteiger partial charge in [-0.2, -0.15) is 0 Å². The lowest BCUT2D eigenvalue weighted by Gasteiger charge is -2.28. The SMILES string of the molecule is COc1cccc(N2C(=O)C(=O)/C(=C(/O)c3ccc4c(c3)N(C)CCO4)C2c2cn(C)c3ccccc23)c1. The van der Waals surface area contributed by atoms with Crippen molar-refractivity contribution in [3.8, 4) is 11.5 Å². The van der Waals surface area contributed by atoms with Gasteiger partial charge in [0.2, 0.25) is 0 Å². The van der Waals surface area contributed by atoms with Crippen LogP contribution in [0.3, 0.4) is 0 Å². The van der Waals surface area contributed by atoms with Crippen LogP contribution in [-0.4, -0.2) is 48.7 Å². The zero-order valence-corrected chi connectivity index (χ0v) is 21.3. The quantitative estimate of drug-likeness (QED) is 0.245. The number of likely N-dealkylation sites (N-methyl/N-ethyl adjacent to an activating group) is 1. The van der Waals surface area contributed by atoms with Crippen LogP contribution in [0.4, 0.5) is 11.4 Å². The standard InChI is InChI=1S/C30H27N3O5/c1-31-13-14-38-25-12-11-18(15-24(25)31)28(34)26-27(22-17-32(2)23-10-5-4-9-21(22)23)33(30(36)29(26)35)19-7-6-8-20(16-19)37-3/h4-12,15-17,27,34H,13-14H2,1-3H3/b28-26+. The van der Waals surface area contributed by atoms with Crippen LogP contribution < -0.4 is 19.3 Å². The fraction of sp³-hybridized carbons (Fsp3) is 0.200. The van der Waals surface area contributed by atoms with Crippen LogP contribution >= 0.6 is 0 Å². The molecule has 1 amide bonds. The Balaban J connectivity index is 1.60. The molecular weight excluding hydrogens is 482 g/mol. The molecule has 0 saturated carbocycles. The molecule has 4 aromatic rings. The number of para-hydroxylation sites is 1. The Labute approximate surface area is 219 Å². The smallest absolute Gasteiger partial charge is 0.300 e. The van der Waals surface area contributed by atoms with Gasteiger partial charge in [-0.1, -0.05) is 24.3 Å². The van der Waals surface area contributed by atoms with Gasteiger partial charge in [-0.15, -0.1) is 0 Å². The molecule has 0 spiro atoms. The highest BCUT2D eigenvalue weighted by Crippen LogP contribution is 2.45. The maximum absolute atomic E-state index is 13.7. The van der Waals surface area contributed by atoms with Crippen LogP contribution in [0.15, 0.2) is 78.5 Å². The molecule has 1 aromatic heterocycles. The number of hydrogen-bond donors (Lipinski definition) is 1. The van der Waals surface area contributed by atoms with Crippen LogP contribution in [-0.2, 0) is 16.6 Å². The molecule has 38 heavy (non-hydrogen) atoms. The van der Waals surface area contributed by atoms with Gasteiger partial charge in [0, 0.05) is 54.1 Å². The molecule has 3 heterocycles. The van der Waals surface area contributed by atoms with Crippen molar-refractivity contribution in [3.63, 3.8) is 0 Å². The molecule has 1 atom stereocenters. The number of nitrogens with zero attached hydrogens (tertiary/aromatic N) is 3. The molecular formula is C30H27N3O5. The molecule has 0 aliphatic carbocycles. The third-order valence-corrected chi connectivity index (χ3v) is 7.33. The van der Waals surface area contributed by atoms with Gasteiger partial charge in [0.15, 0.2) is 0 Å². The molecule has 8 nitrogen and oxygen atoms in total. The maximum Gasteiger partial charge on any atom is 0.300 e. The first-order chi connectivity index (χ1) is 18.4. The van der Waals surface area contributed by atoms with Crippen LogP contribution in [0.25, 0.3) is 16.7 Å². The number of aliphatic hydroxyl groups is 1. The number of rotatable bonds is 4. The minimum atomic E-state index is -0.849. The molecule has 8 heteroatoms. The van der Waals surface area contributed by atoms with Crippen molar-refractivity contribution in [3.05, 3.63) is 89.6 Å². The summed E-state index contributed by atoms with van der Waals surface area (Å²) in [4.78, 5) is 30.8. The van der Waals surface area contributed by atoms with Gasteiger partial charge < -0.3 is 24.0 Å². The van der Waals surface area contributed by atoms with Crippen LogP contribution in [0.5, 0.6) is 11.5 Å². The van der Waals surface area contributed by atoms with E-state index in [4.69, 9.17) is 9.47 Å². The number of hydrogen-bond acceptors (Lipinski definition) is 6. The summed E-state index contributed by atoms with van der Waals surface area (Å²) in [6.45, 7) is 1.27. The lowest BCUT2D eigenvalue weighted by atomic mass is 9.94. The second-order valence-electron chi connectivity index (χ2n) is 9.54. The van der Waals surface area contributed by atoms with Crippen LogP contribution in [0.2, 0.25) is 0 Å². The number of aliphatic hydroxyl groups excluding tert-OH is 1. The van der Waals surface area contributed by atoms with E-state index in [0.29, 0.717) is 35.9 Å². The Morgan fingerprint density at radius 1 is 1.03 bits per heavy atom. The summed E-state index contributed by atoms with van der Waals surface area (Å²) < 4.78 is 13.1. The number of aryl methyl sites for hydroxylation is 1. The topological polar surface area (TPSA) is 84.2 Å². The van der Waals surface area contributed by atoms with Crippen LogP contribution in [0.1, 0.15) is 17.2 Å². The Morgan fingerprint density at radius 3 is 2.66 bits per heavy atom. The number of Topliss-reactive ketones (excluding diaryl/α,β-unsaturated/α-hetero) is 1. The Hall–Kier alpha value is -4.72. The van der Waals surface area contributed by atoms with Gasteiger partial charge in [-0.25, -0.2) is 0 Å². The Kier molecular flexibility index (Phi) is 5.60. The summed E-state index contributed by atoms with van der Waals surface area (Å²) >= 11 is 0. The van der Waals surface area contributed by atoms with Crippen molar-refractivity contribution in [1.82, 2.24) is 4.57 Å². The number of methoxy groups -OCH3 is 1. The normalized spacial score (nSPS) is 18.6. The van der Waals surface area contributed by atoms with Gasteiger partial charge in [0.25, 0.3) is 11.7 Å². The summed E-state index contributed by atoms with van der Waals surface area (Å²) in [5, 5.41) is 12.5. The van der Waals surface area contributed by atoms with E-state index in [1.165, 1.54) is 4.90 Å². The Morgan fingerprint density at radius 2 is 1.84 bits per heavy atom. The molecule has 2 aliphatic rings. The molecule has 2 aliphatic heterocycles. The number of amides is 1. The molecule has 6 rings (SSSR count). The molecule has 192 valence electrons. The lowest BCUT2D eigenvalue weighted by Crippen LogP contribution is -2.29. The predicted octanol–water partition coefficient (Wildman–Crippen LogP) is 4.64. The summed E-state index contributed by atoms with van der Waals surface area (Å²) in [5.74, 6) is -0.424. The van der Waals surface area contributed by atoms with E-state index < -0.39 is 17.7 Å². The minimum Gasteiger partial charge on any atom is -0.507 e. The molecule has 1 saturated heterocycles. The molecule has 1 fully saturated rings. The van der Waals surface area contributed by atoms with Crippen LogP contribution in [0, 0.1) is 0 Å². The largest absolute Gasteiger partial charge is 0.507 e. The van der Waals surface area contributed by atoms with Gasteiger partial charge in [-0.3, -0.25) is 14.5 Å². The van der Waals surface area contributed by atoms with Gasteiger partial charge >= 0.3 is 0 Å².